The maximum Gasteiger partial charge on any atom is 0.237 e. The maximum absolute atomic E-state index is 13.1. The van der Waals surface area contributed by atoms with Gasteiger partial charge in [-0.15, -0.1) is 10.2 Å². The number of aromatic nitrogens is 3. The number of carbonyl (C=O) groups is 1. The van der Waals surface area contributed by atoms with E-state index in [4.69, 9.17) is 0 Å². The number of sulfone groups is 1. The fourth-order valence-corrected chi connectivity index (χ4v) is 5.34. The first-order chi connectivity index (χ1) is 15.2. The van der Waals surface area contributed by atoms with Gasteiger partial charge >= 0.3 is 0 Å². The molecule has 3 rings (SSSR count). The summed E-state index contributed by atoms with van der Waals surface area (Å²) in [6, 6.07) is 12.2. The van der Waals surface area contributed by atoms with Crippen LogP contribution in [0.1, 0.15) is 31.7 Å². The van der Waals surface area contributed by atoms with Crippen LogP contribution in [0, 0.1) is 12.7 Å². The molecule has 0 saturated heterocycles. The molecule has 0 aliphatic rings. The van der Waals surface area contributed by atoms with Gasteiger partial charge in [-0.2, -0.15) is 0 Å². The Kier molecular flexibility index (Phi) is 7.68. The minimum absolute atomic E-state index is 0.230. The number of carbonyl (C=O) groups excluding carboxylic acids is 1. The molecule has 1 amide bonds. The highest BCUT2D eigenvalue weighted by Crippen LogP contribution is 2.27. The van der Waals surface area contributed by atoms with Gasteiger partial charge in [0.2, 0.25) is 5.91 Å². The van der Waals surface area contributed by atoms with Crippen molar-refractivity contribution in [1.29, 1.82) is 0 Å². The summed E-state index contributed by atoms with van der Waals surface area (Å²) in [5.74, 6) is -0.586. The molecule has 1 heterocycles. The number of nitrogens with zero attached hydrogens (tertiary/aromatic N) is 3. The van der Waals surface area contributed by atoms with Gasteiger partial charge in [-0.3, -0.25) is 4.79 Å². The lowest BCUT2D eigenvalue weighted by molar-refractivity contribution is -0.115. The number of hydrogen-bond donors (Lipinski definition) is 1. The normalized spacial score (nSPS) is 12.5. The highest BCUT2D eigenvalue weighted by molar-refractivity contribution is 8.00. The number of anilines is 1. The Hall–Kier alpha value is -2.72. The van der Waals surface area contributed by atoms with Crippen molar-refractivity contribution in [3.63, 3.8) is 0 Å². The van der Waals surface area contributed by atoms with Crippen LogP contribution in [0.4, 0.5) is 10.1 Å². The van der Waals surface area contributed by atoms with Gasteiger partial charge in [0.1, 0.15) is 17.4 Å². The van der Waals surface area contributed by atoms with Crippen molar-refractivity contribution in [2.45, 2.75) is 54.8 Å². The third kappa shape index (κ3) is 5.74. The van der Waals surface area contributed by atoms with Crippen LogP contribution in [-0.4, -0.2) is 34.3 Å². The average Bonchev–Trinajstić information content (AvgIpc) is 3.14. The summed E-state index contributed by atoms with van der Waals surface area (Å²) in [6.07, 6.45) is 0.519. The van der Waals surface area contributed by atoms with Gasteiger partial charge in [0, 0.05) is 12.2 Å². The van der Waals surface area contributed by atoms with E-state index in [0.29, 0.717) is 29.6 Å². The average molecular weight is 477 g/mol. The van der Waals surface area contributed by atoms with Gasteiger partial charge in [-0.1, -0.05) is 36.4 Å². The second kappa shape index (κ2) is 10.3. The molecule has 0 aliphatic heterocycles. The number of nitrogens with one attached hydrogen (secondary N) is 1. The van der Waals surface area contributed by atoms with E-state index in [1.807, 2.05) is 20.8 Å². The van der Waals surface area contributed by atoms with E-state index in [0.717, 1.165) is 5.56 Å². The quantitative estimate of drug-likeness (QED) is 0.465. The number of aryl methyl sites for hydroxylation is 1. The molecule has 0 aliphatic carbocycles. The Morgan fingerprint density at radius 2 is 1.75 bits per heavy atom. The Balaban J connectivity index is 1.76. The van der Waals surface area contributed by atoms with Gasteiger partial charge < -0.3 is 9.88 Å². The molecule has 2 aromatic carbocycles. The van der Waals surface area contributed by atoms with Gasteiger partial charge in [0.15, 0.2) is 15.0 Å². The molecule has 10 heteroatoms. The first kappa shape index (κ1) is 23.9. The molecule has 0 fully saturated rings. The molecule has 170 valence electrons. The molecule has 1 unspecified atom stereocenters. The highest BCUT2D eigenvalue weighted by Gasteiger charge is 2.25. The zero-order valence-corrected chi connectivity index (χ0v) is 19.7. The van der Waals surface area contributed by atoms with Crippen LogP contribution in [0.5, 0.6) is 0 Å². The van der Waals surface area contributed by atoms with Crippen LogP contribution in [0.25, 0.3) is 0 Å². The van der Waals surface area contributed by atoms with Crippen molar-refractivity contribution >= 4 is 33.2 Å². The second-order valence-electron chi connectivity index (χ2n) is 7.23. The molecular formula is C22H25FN4O3S2. The predicted molar refractivity (Wildman–Crippen MR) is 123 cm³/mol. The van der Waals surface area contributed by atoms with Gasteiger partial charge in [0.05, 0.1) is 10.1 Å². The number of hydrogen-bond acceptors (Lipinski definition) is 6. The van der Waals surface area contributed by atoms with E-state index < -0.39 is 15.1 Å². The Morgan fingerprint density at radius 1 is 1.09 bits per heavy atom. The summed E-state index contributed by atoms with van der Waals surface area (Å²) in [4.78, 5) is 12.9. The molecule has 0 saturated carbocycles. The van der Waals surface area contributed by atoms with Crippen LogP contribution >= 0.6 is 11.8 Å². The van der Waals surface area contributed by atoms with Crippen molar-refractivity contribution < 1.29 is 17.6 Å². The summed E-state index contributed by atoms with van der Waals surface area (Å²) in [5, 5.41) is 11.0. The van der Waals surface area contributed by atoms with Crippen molar-refractivity contribution in [3.05, 3.63) is 65.7 Å². The summed E-state index contributed by atoms with van der Waals surface area (Å²) < 4.78 is 40.5. The van der Waals surface area contributed by atoms with E-state index in [2.05, 4.69) is 15.5 Å². The highest BCUT2D eigenvalue weighted by atomic mass is 32.2. The van der Waals surface area contributed by atoms with Gasteiger partial charge in [-0.05, 0) is 56.7 Å². The summed E-state index contributed by atoms with van der Waals surface area (Å²) in [5.41, 5.74) is 1.47. The fraction of sp³-hybridized carbons (Fsp3) is 0.318. The molecule has 32 heavy (non-hydrogen) atoms. The number of rotatable bonds is 9. The standard InChI is InChI=1S/C22H25FN4O3S2/c1-4-19(21(28)24-17-10-8-16(23)9-11-17)31-22-26-25-20(27(22)5-2)14-32(29,30)18-12-6-15(3)7-13-18/h6-13,19H,4-5,14H2,1-3H3,(H,24,28). The van der Waals surface area contributed by atoms with Crippen molar-refractivity contribution in [3.8, 4) is 0 Å². The molecular weight excluding hydrogens is 451 g/mol. The number of halogens is 1. The van der Waals surface area contributed by atoms with Crippen LogP contribution in [-0.2, 0) is 26.9 Å². The van der Waals surface area contributed by atoms with Crippen LogP contribution in [0.15, 0.2) is 58.6 Å². The molecule has 1 atom stereocenters. The number of thioether (sulfide) groups is 1. The van der Waals surface area contributed by atoms with Crippen LogP contribution in [0.2, 0.25) is 0 Å². The Labute approximate surface area is 191 Å². The predicted octanol–water partition coefficient (Wildman–Crippen LogP) is 4.23. The SMILES string of the molecule is CCC(Sc1nnc(CS(=O)(=O)c2ccc(C)cc2)n1CC)C(=O)Nc1ccc(F)cc1. The zero-order valence-electron chi connectivity index (χ0n) is 18.1. The largest absolute Gasteiger partial charge is 0.325 e. The van der Waals surface area contributed by atoms with Gasteiger partial charge in [-0.25, -0.2) is 12.8 Å². The smallest absolute Gasteiger partial charge is 0.237 e. The zero-order chi connectivity index (χ0) is 23.3. The molecule has 1 N–H and O–H groups in total. The van der Waals surface area contributed by atoms with Crippen molar-refractivity contribution in [2.24, 2.45) is 0 Å². The third-order valence-corrected chi connectivity index (χ3v) is 7.80. The molecule has 7 nitrogen and oxygen atoms in total. The maximum atomic E-state index is 13.1. The minimum Gasteiger partial charge on any atom is -0.325 e. The first-order valence-electron chi connectivity index (χ1n) is 10.2. The summed E-state index contributed by atoms with van der Waals surface area (Å²) >= 11 is 1.22. The van der Waals surface area contributed by atoms with Crippen LogP contribution < -0.4 is 5.32 Å². The van der Waals surface area contributed by atoms with E-state index in [1.54, 1.807) is 28.8 Å². The number of benzene rings is 2. The minimum atomic E-state index is -3.59. The van der Waals surface area contributed by atoms with Crippen molar-refractivity contribution in [1.82, 2.24) is 14.8 Å². The first-order valence-corrected chi connectivity index (χ1v) is 12.7. The molecule has 0 radical (unpaired) electrons. The Morgan fingerprint density at radius 3 is 2.34 bits per heavy atom. The topological polar surface area (TPSA) is 93.9 Å². The van der Waals surface area contributed by atoms with Gasteiger partial charge in [0.25, 0.3) is 0 Å². The van der Waals surface area contributed by atoms with E-state index in [1.165, 1.54) is 36.0 Å². The van der Waals surface area contributed by atoms with Crippen LogP contribution in [0.3, 0.4) is 0 Å². The Bertz CT molecular complexity index is 1180. The van der Waals surface area contributed by atoms with E-state index in [9.17, 15) is 17.6 Å². The molecule has 0 bridgehead atoms. The summed E-state index contributed by atoms with van der Waals surface area (Å²) in [6.45, 7) is 6.10. The second-order valence-corrected chi connectivity index (χ2v) is 10.4. The fourth-order valence-electron chi connectivity index (χ4n) is 3.03. The number of amides is 1. The lowest BCUT2D eigenvalue weighted by Gasteiger charge is -2.15. The lowest BCUT2D eigenvalue weighted by atomic mass is 10.2. The van der Waals surface area contributed by atoms with E-state index in [-0.39, 0.29) is 22.4 Å². The lowest BCUT2D eigenvalue weighted by Crippen LogP contribution is -2.25. The van der Waals surface area contributed by atoms with Crippen molar-refractivity contribution in [2.75, 3.05) is 5.32 Å². The molecule has 1 aromatic heterocycles. The molecule has 0 spiro atoms. The monoisotopic (exact) mass is 476 g/mol. The third-order valence-electron chi connectivity index (χ3n) is 4.83. The van der Waals surface area contributed by atoms with E-state index >= 15 is 0 Å². The summed E-state index contributed by atoms with van der Waals surface area (Å²) in [7, 11) is -3.59. The molecule has 3 aromatic rings.